The summed E-state index contributed by atoms with van der Waals surface area (Å²) in [5, 5.41) is 20.0. The molecule has 5 heteroatoms. The second kappa shape index (κ2) is 40.1. The minimum absolute atomic E-state index is 0.0208. The first-order valence-corrected chi connectivity index (χ1v) is 22.3. The van der Waals surface area contributed by atoms with E-state index in [4.69, 9.17) is 4.74 Å². The molecule has 0 aromatic rings. The molecule has 0 aromatic heterocycles. The second-order valence-electron chi connectivity index (χ2n) is 15.5. The van der Waals surface area contributed by atoms with Gasteiger partial charge in [0.05, 0.1) is 6.10 Å². The molecule has 0 aliphatic heterocycles. The number of aliphatic hydroxyl groups excluding tert-OH is 2. The summed E-state index contributed by atoms with van der Waals surface area (Å²) in [6.45, 7) is 9.91. The van der Waals surface area contributed by atoms with Crippen molar-refractivity contribution >= 4 is 5.97 Å². The summed E-state index contributed by atoms with van der Waals surface area (Å²) in [6, 6.07) is 0. The minimum atomic E-state index is -0.233. The van der Waals surface area contributed by atoms with Gasteiger partial charge in [-0.05, 0) is 77.3 Å². The Bertz CT molecular complexity index is 628. The molecule has 0 spiro atoms. The highest BCUT2D eigenvalue weighted by Gasteiger charge is 2.15. The standard InChI is InChI=1S/C44H89NO4/c1-4-7-10-13-16-17-18-19-21-27-34-42(47)41-45(39-32-26-33-40-46)38-31-25-20-24-30-37-44(48)49-43(35-28-22-14-11-8-5-2)36-29-23-15-12-9-6-3/h42-43,46-47H,4-41H2,1-3H3. The van der Waals surface area contributed by atoms with E-state index < -0.39 is 0 Å². The van der Waals surface area contributed by atoms with Crippen LogP contribution in [0.25, 0.3) is 0 Å². The molecule has 0 amide bonds. The number of nitrogens with zero attached hydrogens (tertiary/aromatic N) is 1. The molecule has 0 aromatic carbocycles. The fraction of sp³-hybridized carbons (Fsp3) is 0.977. The smallest absolute Gasteiger partial charge is 0.306 e. The van der Waals surface area contributed by atoms with Gasteiger partial charge in [0, 0.05) is 19.6 Å². The van der Waals surface area contributed by atoms with Crippen molar-refractivity contribution in [2.45, 2.75) is 251 Å². The third kappa shape index (κ3) is 36.9. The van der Waals surface area contributed by atoms with Gasteiger partial charge in [0.25, 0.3) is 0 Å². The number of esters is 1. The number of carbonyl (C=O) groups excluding carboxylic acids is 1. The Morgan fingerprint density at radius 3 is 1.31 bits per heavy atom. The molecule has 1 atom stereocenters. The predicted molar refractivity (Wildman–Crippen MR) is 213 cm³/mol. The number of hydrogen-bond donors (Lipinski definition) is 2. The van der Waals surface area contributed by atoms with Gasteiger partial charge in [-0.3, -0.25) is 4.79 Å². The van der Waals surface area contributed by atoms with Gasteiger partial charge in [-0.1, -0.05) is 168 Å². The highest BCUT2D eigenvalue weighted by Crippen LogP contribution is 2.19. The van der Waals surface area contributed by atoms with Crippen LogP contribution in [0.15, 0.2) is 0 Å². The molecule has 294 valence electrons. The molecule has 0 heterocycles. The SMILES string of the molecule is CCCCCCCCCCCCC(O)CN(CCCCCO)CCCCCCCC(=O)OC(CCCCCCCC)CCCCCCCC. The summed E-state index contributed by atoms with van der Waals surface area (Å²) in [4.78, 5) is 15.2. The maximum atomic E-state index is 12.7. The van der Waals surface area contributed by atoms with Crippen molar-refractivity contribution in [2.24, 2.45) is 0 Å². The Morgan fingerprint density at radius 1 is 0.490 bits per heavy atom. The van der Waals surface area contributed by atoms with E-state index in [1.807, 2.05) is 0 Å². The minimum Gasteiger partial charge on any atom is -0.462 e. The summed E-state index contributed by atoms with van der Waals surface area (Å²) in [5.41, 5.74) is 0. The molecule has 5 nitrogen and oxygen atoms in total. The van der Waals surface area contributed by atoms with Crippen molar-refractivity contribution in [3.05, 3.63) is 0 Å². The Kier molecular flexibility index (Phi) is 39.6. The largest absolute Gasteiger partial charge is 0.462 e. The van der Waals surface area contributed by atoms with E-state index >= 15 is 0 Å². The highest BCUT2D eigenvalue weighted by atomic mass is 16.5. The zero-order valence-electron chi connectivity index (χ0n) is 33.7. The highest BCUT2D eigenvalue weighted by molar-refractivity contribution is 5.69. The van der Waals surface area contributed by atoms with Crippen LogP contribution in [-0.4, -0.2) is 59.5 Å². The number of rotatable bonds is 41. The van der Waals surface area contributed by atoms with Gasteiger partial charge in [-0.2, -0.15) is 0 Å². The van der Waals surface area contributed by atoms with E-state index in [1.54, 1.807) is 0 Å². The summed E-state index contributed by atoms with van der Waals surface area (Å²) in [7, 11) is 0. The molecule has 1 unspecified atom stereocenters. The molecule has 0 saturated carbocycles. The van der Waals surface area contributed by atoms with Crippen molar-refractivity contribution < 1.29 is 19.7 Å². The Labute approximate surface area is 307 Å². The van der Waals surface area contributed by atoms with Crippen LogP contribution in [0, 0.1) is 0 Å². The normalized spacial score (nSPS) is 12.4. The molecule has 0 bridgehead atoms. The van der Waals surface area contributed by atoms with Crippen LogP contribution in [-0.2, 0) is 9.53 Å². The summed E-state index contributed by atoms with van der Waals surface area (Å²) in [6.07, 6.45) is 40.7. The molecule has 0 fully saturated rings. The van der Waals surface area contributed by atoms with E-state index in [1.165, 1.54) is 141 Å². The number of ether oxygens (including phenoxy) is 1. The van der Waals surface area contributed by atoms with E-state index in [-0.39, 0.29) is 24.8 Å². The van der Waals surface area contributed by atoms with E-state index in [0.29, 0.717) is 6.42 Å². The monoisotopic (exact) mass is 696 g/mol. The first kappa shape index (κ1) is 48.3. The van der Waals surface area contributed by atoms with Crippen LogP contribution in [0.2, 0.25) is 0 Å². The topological polar surface area (TPSA) is 70.0 Å². The molecule has 0 rings (SSSR count). The fourth-order valence-electron chi connectivity index (χ4n) is 7.12. The summed E-state index contributed by atoms with van der Waals surface area (Å²) in [5.74, 6) is 0.0208. The molecule has 0 aliphatic rings. The maximum Gasteiger partial charge on any atom is 0.306 e. The Morgan fingerprint density at radius 2 is 0.857 bits per heavy atom. The van der Waals surface area contributed by atoms with Gasteiger partial charge in [0.2, 0.25) is 0 Å². The predicted octanol–water partition coefficient (Wildman–Crippen LogP) is 12.9. The molecule has 0 aliphatic carbocycles. The molecule has 0 saturated heterocycles. The van der Waals surface area contributed by atoms with E-state index in [0.717, 1.165) is 90.3 Å². The molecule has 0 radical (unpaired) electrons. The van der Waals surface area contributed by atoms with Crippen molar-refractivity contribution in [1.29, 1.82) is 0 Å². The summed E-state index contributed by atoms with van der Waals surface area (Å²) >= 11 is 0. The van der Waals surface area contributed by atoms with Gasteiger partial charge in [0.1, 0.15) is 6.10 Å². The van der Waals surface area contributed by atoms with Gasteiger partial charge in [-0.15, -0.1) is 0 Å². The third-order valence-corrected chi connectivity index (χ3v) is 10.4. The van der Waals surface area contributed by atoms with Crippen LogP contribution in [0.4, 0.5) is 0 Å². The first-order valence-electron chi connectivity index (χ1n) is 22.3. The number of carbonyl (C=O) groups is 1. The van der Waals surface area contributed by atoms with Crippen LogP contribution in [0.3, 0.4) is 0 Å². The number of aliphatic hydroxyl groups is 2. The van der Waals surface area contributed by atoms with Crippen molar-refractivity contribution in [3.8, 4) is 0 Å². The molecule has 49 heavy (non-hydrogen) atoms. The van der Waals surface area contributed by atoms with Crippen LogP contribution in [0.1, 0.15) is 239 Å². The van der Waals surface area contributed by atoms with E-state index in [9.17, 15) is 15.0 Å². The quantitative estimate of drug-likeness (QED) is 0.0492. The van der Waals surface area contributed by atoms with Crippen LogP contribution >= 0.6 is 0 Å². The number of unbranched alkanes of at least 4 members (excludes halogenated alkanes) is 25. The van der Waals surface area contributed by atoms with Gasteiger partial charge >= 0.3 is 5.97 Å². The molecular weight excluding hydrogens is 606 g/mol. The average Bonchev–Trinajstić information content (AvgIpc) is 3.09. The second-order valence-corrected chi connectivity index (χ2v) is 15.5. The Hall–Kier alpha value is -0.650. The van der Waals surface area contributed by atoms with Gasteiger partial charge < -0.3 is 19.8 Å². The van der Waals surface area contributed by atoms with E-state index in [2.05, 4.69) is 25.7 Å². The third-order valence-electron chi connectivity index (χ3n) is 10.4. The van der Waals surface area contributed by atoms with Crippen LogP contribution in [0.5, 0.6) is 0 Å². The zero-order chi connectivity index (χ0) is 35.9. The average molecular weight is 696 g/mol. The van der Waals surface area contributed by atoms with Crippen molar-refractivity contribution in [2.75, 3.05) is 26.2 Å². The van der Waals surface area contributed by atoms with Gasteiger partial charge in [0.15, 0.2) is 0 Å². The lowest BCUT2D eigenvalue weighted by Gasteiger charge is -2.25. The lowest BCUT2D eigenvalue weighted by atomic mass is 10.0. The summed E-state index contributed by atoms with van der Waals surface area (Å²) < 4.78 is 6.04. The lowest BCUT2D eigenvalue weighted by Crippen LogP contribution is -2.34. The number of hydrogen-bond acceptors (Lipinski definition) is 5. The van der Waals surface area contributed by atoms with Gasteiger partial charge in [-0.25, -0.2) is 0 Å². The fourth-order valence-corrected chi connectivity index (χ4v) is 7.12. The molecule has 2 N–H and O–H groups in total. The maximum absolute atomic E-state index is 12.7. The van der Waals surface area contributed by atoms with Crippen molar-refractivity contribution in [3.63, 3.8) is 0 Å². The lowest BCUT2D eigenvalue weighted by molar-refractivity contribution is -0.150. The molecular formula is C44H89NO4. The van der Waals surface area contributed by atoms with Crippen molar-refractivity contribution in [1.82, 2.24) is 4.90 Å². The van der Waals surface area contributed by atoms with Crippen LogP contribution < -0.4 is 0 Å². The zero-order valence-corrected chi connectivity index (χ0v) is 33.7. The first-order chi connectivity index (χ1) is 24.1. The Balaban J connectivity index is 4.26.